The molecule has 1 fully saturated rings. The lowest BCUT2D eigenvalue weighted by Crippen LogP contribution is -2.45. The van der Waals surface area contributed by atoms with Gasteiger partial charge in [0.2, 0.25) is 0 Å². The average Bonchev–Trinajstić information content (AvgIpc) is 3.15. The van der Waals surface area contributed by atoms with Crippen molar-refractivity contribution < 1.29 is 4.74 Å². The molecule has 2 heterocycles. The van der Waals surface area contributed by atoms with E-state index < -0.39 is 0 Å². The molecule has 8 heteroatoms. The lowest BCUT2D eigenvalue weighted by molar-refractivity contribution is 0.182. The standard InChI is InChI=1S/C29H30Cl2N4O2/c1-3-37-15-5-6-20-9-10-21-18-29(28(32)22(21)16-20)11-13-34(14-12-29)25-17-26(36)35(19(2)33-25)24-8-4-7-23(30)27(24)31/h4,7-10,16-17,28H,3,11-15,18,32H2,1-2H3/t28-/m1/s1. The first-order valence-corrected chi connectivity index (χ1v) is 13.3. The Morgan fingerprint density at radius 3 is 2.70 bits per heavy atom. The monoisotopic (exact) mass is 536 g/mol. The first kappa shape index (κ1) is 25.8. The van der Waals surface area contributed by atoms with E-state index in [1.54, 1.807) is 24.3 Å². The molecule has 1 aliphatic heterocycles. The van der Waals surface area contributed by atoms with Crippen molar-refractivity contribution in [3.63, 3.8) is 0 Å². The summed E-state index contributed by atoms with van der Waals surface area (Å²) in [6.45, 7) is 6.44. The summed E-state index contributed by atoms with van der Waals surface area (Å²) in [5, 5.41) is 0.733. The second-order valence-corrected chi connectivity index (χ2v) is 10.5. The quantitative estimate of drug-likeness (QED) is 0.371. The third kappa shape index (κ3) is 4.89. The number of piperidine rings is 1. The summed E-state index contributed by atoms with van der Waals surface area (Å²) in [7, 11) is 0. The van der Waals surface area contributed by atoms with Crippen LogP contribution >= 0.6 is 23.2 Å². The normalized spacial score (nSPS) is 18.0. The number of rotatable bonds is 4. The Balaban J connectivity index is 1.32. The van der Waals surface area contributed by atoms with Crippen molar-refractivity contribution >= 4 is 29.0 Å². The van der Waals surface area contributed by atoms with E-state index in [-0.39, 0.29) is 17.0 Å². The molecule has 0 radical (unpaired) electrons. The number of nitrogens with zero attached hydrogens (tertiary/aromatic N) is 3. The van der Waals surface area contributed by atoms with Crippen molar-refractivity contribution in [3.8, 4) is 17.5 Å². The van der Waals surface area contributed by atoms with Crippen LogP contribution in [0.1, 0.15) is 48.3 Å². The fourth-order valence-electron chi connectivity index (χ4n) is 5.61. The number of anilines is 1. The highest BCUT2D eigenvalue weighted by atomic mass is 35.5. The van der Waals surface area contributed by atoms with Crippen LogP contribution < -0.4 is 16.2 Å². The van der Waals surface area contributed by atoms with Gasteiger partial charge in [-0.3, -0.25) is 9.36 Å². The smallest absolute Gasteiger partial charge is 0.260 e. The van der Waals surface area contributed by atoms with Gasteiger partial charge in [0.1, 0.15) is 18.2 Å². The minimum absolute atomic E-state index is 0.00848. The predicted molar refractivity (Wildman–Crippen MR) is 149 cm³/mol. The zero-order chi connectivity index (χ0) is 26.2. The molecule has 3 aromatic rings. The highest BCUT2D eigenvalue weighted by molar-refractivity contribution is 6.43. The summed E-state index contributed by atoms with van der Waals surface area (Å²) in [6.07, 6.45) is 2.82. The lowest BCUT2D eigenvalue weighted by atomic mass is 9.73. The Bertz CT molecular complexity index is 1450. The summed E-state index contributed by atoms with van der Waals surface area (Å²) < 4.78 is 6.82. The van der Waals surface area contributed by atoms with E-state index in [0.717, 1.165) is 37.9 Å². The summed E-state index contributed by atoms with van der Waals surface area (Å²) >= 11 is 12.5. The van der Waals surface area contributed by atoms with Crippen molar-refractivity contribution in [1.29, 1.82) is 0 Å². The number of benzene rings is 2. The largest absolute Gasteiger partial charge is 0.369 e. The number of ether oxygens (including phenoxy) is 1. The number of aryl methyl sites for hydroxylation is 1. The zero-order valence-electron chi connectivity index (χ0n) is 21.1. The Labute approximate surface area is 227 Å². The van der Waals surface area contributed by atoms with Crippen LogP contribution in [0.5, 0.6) is 0 Å². The first-order chi connectivity index (χ1) is 17.8. The van der Waals surface area contributed by atoms with Gasteiger partial charge in [0.05, 0.1) is 15.7 Å². The molecule has 5 rings (SSSR count). The van der Waals surface area contributed by atoms with Crippen LogP contribution in [0.4, 0.5) is 5.82 Å². The fourth-order valence-corrected chi connectivity index (χ4v) is 5.99. The number of hydrogen-bond acceptors (Lipinski definition) is 5. The van der Waals surface area contributed by atoms with Gasteiger partial charge in [-0.15, -0.1) is 0 Å². The highest BCUT2D eigenvalue weighted by Gasteiger charge is 2.46. The summed E-state index contributed by atoms with van der Waals surface area (Å²) in [5.74, 6) is 7.50. The van der Waals surface area contributed by atoms with E-state index in [0.29, 0.717) is 40.6 Å². The molecule has 1 atom stereocenters. The molecule has 2 aliphatic rings. The van der Waals surface area contributed by atoms with Crippen molar-refractivity contribution in [1.82, 2.24) is 9.55 Å². The van der Waals surface area contributed by atoms with Crippen molar-refractivity contribution in [2.45, 2.75) is 39.2 Å². The molecule has 2 aromatic carbocycles. The predicted octanol–water partition coefficient (Wildman–Crippen LogP) is 5.08. The molecule has 1 aliphatic carbocycles. The minimum atomic E-state index is -0.185. The maximum atomic E-state index is 13.1. The third-order valence-corrected chi connectivity index (χ3v) is 8.43. The van der Waals surface area contributed by atoms with E-state index in [1.807, 2.05) is 13.8 Å². The molecule has 1 aromatic heterocycles. The Hall–Kier alpha value is -2.82. The summed E-state index contributed by atoms with van der Waals surface area (Å²) in [5.41, 5.74) is 10.7. The van der Waals surface area contributed by atoms with Gasteiger partial charge in [-0.05, 0) is 73.9 Å². The van der Waals surface area contributed by atoms with Crippen LogP contribution in [0.3, 0.4) is 0 Å². The number of aromatic nitrogens is 2. The topological polar surface area (TPSA) is 73.4 Å². The third-order valence-electron chi connectivity index (χ3n) is 7.62. The zero-order valence-corrected chi connectivity index (χ0v) is 22.6. The number of fused-ring (bicyclic) bond motifs is 1. The Kier molecular flexibility index (Phi) is 7.33. The summed E-state index contributed by atoms with van der Waals surface area (Å²) in [4.78, 5) is 20.1. The maximum Gasteiger partial charge on any atom is 0.260 e. The van der Waals surface area contributed by atoms with E-state index in [4.69, 9.17) is 38.7 Å². The van der Waals surface area contributed by atoms with Crippen LogP contribution in [0.2, 0.25) is 10.0 Å². The lowest BCUT2D eigenvalue weighted by Gasteiger charge is -2.42. The first-order valence-electron chi connectivity index (χ1n) is 12.6. The van der Waals surface area contributed by atoms with Crippen molar-refractivity contribution in [3.05, 3.63) is 85.4 Å². The van der Waals surface area contributed by atoms with Gasteiger partial charge >= 0.3 is 0 Å². The number of hydrogen-bond donors (Lipinski definition) is 1. The van der Waals surface area contributed by atoms with E-state index in [2.05, 4.69) is 34.9 Å². The molecule has 6 nitrogen and oxygen atoms in total. The van der Waals surface area contributed by atoms with Crippen LogP contribution in [0, 0.1) is 24.2 Å². The fraction of sp³-hybridized carbons (Fsp3) is 0.379. The molecule has 1 spiro atoms. The summed E-state index contributed by atoms with van der Waals surface area (Å²) in [6, 6.07) is 13.2. The van der Waals surface area contributed by atoms with Crippen molar-refractivity contribution in [2.24, 2.45) is 11.1 Å². The molecular formula is C29H30Cl2N4O2. The molecule has 0 bridgehead atoms. The molecule has 0 unspecified atom stereocenters. The molecule has 0 amide bonds. The van der Waals surface area contributed by atoms with Crippen LogP contribution in [0.15, 0.2) is 47.3 Å². The highest BCUT2D eigenvalue weighted by Crippen LogP contribution is 2.51. The van der Waals surface area contributed by atoms with Gasteiger partial charge < -0.3 is 15.4 Å². The van der Waals surface area contributed by atoms with Crippen LogP contribution in [0.25, 0.3) is 5.69 Å². The second kappa shape index (κ2) is 10.5. The number of nitrogens with two attached hydrogens (primary N) is 1. The number of halogens is 2. The molecular weight excluding hydrogens is 507 g/mol. The molecule has 2 N–H and O–H groups in total. The molecule has 0 saturated carbocycles. The van der Waals surface area contributed by atoms with Crippen LogP contribution in [-0.4, -0.2) is 35.9 Å². The minimum Gasteiger partial charge on any atom is -0.369 e. The SMILES string of the molecule is CCOCC#Cc1ccc2c(c1)[C@@H](N)C1(CCN(c3cc(=O)n(-c4cccc(Cl)c4Cl)c(C)n3)CC1)C2. The van der Waals surface area contributed by atoms with E-state index in [9.17, 15) is 4.79 Å². The van der Waals surface area contributed by atoms with Gasteiger partial charge in [0, 0.05) is 37.4 Å². The maximum absolute atomic E-state index is 13.1. The van der Waals surface area contributed by atoms with Gasteiger partial charge in [0.25, 0.3) is 5.56 Å². The molecule has 1 saturated heterocycles. The Morgan fingerprint density at radius 2 is 1.97 bits per heavy atom. The van der Waals surface area contributed by atoms with E-state index >= 15 is 0 Å². The molecule has 37 heavy (non-hydrogen) atoms. The van der Waals surface area contributed by atoms with Gasteiger partial charge in [-0.2, -0.15) is 0 Å². The second-order valence-electron chi connectivity index (χ2n) is 9.76. The van der Waals surface area contributed by atoms with E-state index in [1.165, 1.54) is 15.7 Å². The van der Waals surface area contributed by atoms with Gasteiger partial charge in [-0.1, -0.05) is 47.2 Å². The van der Waals surface area contributed by atoms with Gasteiger partial charge in [-0.25, -0.2) is 4.98 Å². The van der Waals surface area contributed by atoms with Crippen molar-refractivity contribution in [2.75, 3.05) is 31.2 Å². The Morgan fingerprint density at radius 1 is 1.19 bits per heavy atom. The molecule has 192 valence electrons. The van der Waals surface area contributed by atoms with Crippen LogP contribution in [-0.2, 0) is 11.2 Å². The van der Waals surface area contributed by atoms with Gasteiger partial charge in [0.15, 0.2) is 0 Å². The average molecular weight is 537 g/mol.